The summed E-state index contributed by atoms with van der Waals surface area (Å²) in [6.45, 7) is 0.515. The van der Waals surface area contributed by atoms with E-state index >= 15 is 0 Å². The van der Waals surface area contributed by atoms with E-state index in [1.54, 1.807) is 12.4 Å². The van der Waals surface area contributed by atoms with Gasteiger partial charge in [0.2, 0.25) is 0 Å². The lowest BCUT2D eigenvalue weighted by atomic mass is 10.2. The van der Waals surface area contributed by atoms with Gasteiger partial charge in [0.05, 0.1) is 11.3 Å². The van der Waals surface area contributed by atoms with Crippen molar-refractivity contribution in [1.82, 2.24) is 10.3 Å². The number of aromatic nitrogens is 1. The Balaban J connectivity index is 2.45. The highest BCUT2D eigenvalue weighted by molar-refractivity contribution is 7.13. The van der Waals surface area contributed by atoms with Gasteiger partial charge in [-0.15, -0.1) is 11.3 Å². The lowest BCUT2D eigenvalue weighted by Gasteiger charge is -2.01. The zero-order valence-electron chi connectivity index (χ0n) is 8.93. The largest absolute Gasteiger partial charge is 0.314 e. The van der Waals surface area contributed by atoms with Crippen molar-refractivity contribution in [2.24, 2.45) is 0 Å². The van der Waals surface area contributed by atoms with Crippen LogP contribution in [0.1, 0.15) is 5.69 Å². The average Bonchev–Trinajstić information content (AvgIpc) is 2.65. The van der Waals surface area contributed by atoms with Crippen LogP contribution in [0.15, 0.2) is 17.5 Å². The third-order valence-electron chi connectivity index (χ3n) is 2.13. The third kappa shape index (κ3) is 2.48. The van der Waals surface area contributed by atoms with Crippen LogP contribution < -0.4 is 5.32 Å². The molecule has 0 bridgehead atoms. The molecule has 1 heterocycles. The summed E-state index contributed by atoms with van der Waals surface area (Å²) in [5, 5.41) is 4.80. The van der Waals surface area contributed by atoms with Crippen LogP contribution in [0.5, 0.6) is 0 Å². The maximum Gasteiger partial charge on any atom is 0.139 e. The second kappa shape index (κ2) is 4.85. The topological polar surface area (TPSA) is 24.9 Å². The van der Waals surface area contributed by atoms with Gasteiger partial charge < -0.3 is 5.32 Å². The molecule has 90 valence electrons. The van der Waals surface area contributed by atoms with Crippen molar-refractivity contribution in [3.05, 3.63) is 40.7 Å². The first-order valence-corrected chi connectivity index (χ1v) is 5.73. The standard InChI is InChI=1S/C11H9F3N2S/c1-15-4-7-5-17-11(16-7)10-8(13)2-6(12)3-9(10)14/h2-3,5,15H,4H2,1H3. The molecule has 0 saturated heterocycles. The van der Waals surface area contributed by atoms with Gasteiger partial charge in [-0.2, -0.15) is 0 Å². The van der Waals surface area contributed by atoms with E-state index in [4.69, 9.17) is 0 Å². The minimum absolute atomic E-state index is 0.213. The average molecular weight is 258 g/mol. The summed E-state index contributed by atoms with van der Waals surface area (Å²) in [6, 6.07) is 1.30. The van der Waals surface area contributed by atoms with Gasteiger partial charge in [-0.05, 0) is 7.05 Å². The van der Waals surface area contributed by atoms with Crippen molar-refractivity contribution in [2.45, 2.75) is 6.54 Å². The molecule has 1 aromatic heterocycles. The highest BCUT2D eigenvalue weighted by Gasteiger charge is 2.16. The zero-order valence-corrected chi connectivity index (χ0v) is 9.75. The fourth-order valence-corrected chi connectivity index (χ4v) is 2.30. The van der Waals surface area contributed by atoms with Crippen LogP contribution in [0.3, 0.4) is 0 Å². The monoisotopic (exact) mass is 258 g/mol. The smallest absolute Gasteiger partial charge is 0.139 e. The molecular weight excluding hydrogens is 249 g/mol. The van der Waals surface area contributed by atoms with Gasteiger partial charge in [0.1, 0.15) is 22.5 Å². The van der Waals surface area contributed by atoms with E-state index in [0.717, 1.165) is 11.3 Å². The SMILES string of the molecule is CNCc1csc(-c2c(F)cc(F)cc2F)n1. The lowest BCUT2D eigenvalue weighted by Crippen LogP contribution is -2.05. The number of nitrogens with one attached hydrogen (secondary N) is 1. The summed E-state index contributed by atoms with van der Waals surface area (Å²) in [5.41, 5.74) is 0.411. The molecule has 0 fully saturated rings. The summed E-state index contributed by atoms with van der Waals surface area (Å²) in [6.07, 6.45) is 0. The van der Waals surface area contributed by atoms with Gasteiger partial charge in [0.25, 0.3) is 0 Å². The maximum atomic E-state index is 13.5. The van der Waals surface area contributed by atoms with Gasteiger partial charge in [-0.1, -0.05) is 0 Å². The van der Waals surface area contributed by atoms with E-state index < -0.39 is 17.5 Å². The van der Waals surface area contributed by atoms with Crippen LogP contribution in [0.4, 0.5) is 13.2 Å². The molecule has 0 aliphatic heterocycles. The van der Waals surface area contributed by atoms with Crippen molar-refractivity contribution in [1.29, 1.82) is 0 Å². The number of hydrogen-bond acceptors (Lipinski definition) is 3. The first-order valence-electron chi connectivity index (χ1n) is 4.85. The molecule has 0 saturated carbocycles. The van der Waals surface area contributed by atoms with E-state index in [-0.39, 0.29) is 10.6 Å². The molecular formula is C11H9F3N2S. The summed E-state index contributed by atoms with van der Waals surface area (Å²) in [7, 11) is 1.75. The molecule has 0 aliphatic carbocycles. The number of thiazole rings is 1. The predicted molar refractivity (Wildman–Crippen MR) is 60.2 cm³/mol. The fourth-order valence-electron chi connectivity index (χ4n) is 1.43. The Kier molecular flexibility index (Phi) is 3.44. The van der Waals surface area contributed by atoms with E-state index in [9.17, 15) is 13.2 Å². The van der Waals surface area contributed by atoms with Crippen LogP contribution in [0.2, 0.25) is 0 Å². The molecule has 1 N–H and O–H groups in total. The highest BCUT2D eigenvalue weighted by atomic mass is 32.1. The molecule has 2 aromatic rings. The first-order chi connectivity index (χ1) is 8.11. The molecule has 0 atom stereocenters. The third-order valence-corrected chi connectivity index (χ3v) is 3.04. The number of nitrogens with zero attached hydrogens (tertiary/aromatic N) is 1. The number of benzene rings is 1. The molecule has 0 radical (unpaired) electrons. The van der Waals surface area contributed by atoms with E-state index in [1.165, 1.54) is 0 Å². The van der Waals surface area contributed by atoms with E-state index in [2.05, 4.69) is 10.3 Å². The Morgan fingerprint density at radius 2 is 1.88 bits per heavy atom. The molecule has 0 spiro atoms. The van der Waals surface area contributed by atoms with Crippen molar-refractivity contribution >= 4 is 11.3 Å². The van der Waals surface area contributed by atoms with E-state index in [0.29, 0.717) is 24.4 Å². The van der Waals surface area contributed by atoms with Gasteiger partial charge in [-0.25, -0.2) is 18.2 Å². The Morgan fingerprint density at radius 3 is 2.47 bits per heavy atom. The van der Waals surface area contributed by atoms with Crippen LogP contribution in [-0.2, 0) is 6.54 Å². The highest BCUT2D eigenvalue weighted by Crippen LogP contribution is 2.29. The molecule has 0 amide bonds. The van der Waals surface area contributed by atoms with Gasteiger partial charge in [-0.3, -0.25) is 0 Å². The van der Waals surface area contributed by atoms with Gasteiger partial charge in [0, 0.05) is 24.1 Å². The second-order valence-electron chi connectivity index (χ2n) is 3.42. The summed E-state index contributed by atoms with van der Waals surface area (Å²) in [4.78, 5) is 4.08. The van der Waals surface area contributed by atoms with Crippen LogP contribution in [0.25, 0.3) is 10.6 Å². The molecule has 17 heavy (non-hydrogen) atoms. The normalized spacial score (nSPS) is 10.8. The van der Waals surface area contributed by atoms with Crippen LogP contribution in [-0.4, -0.2) is 12.0 Å². The predicted octanol–water partition coefficient (Wildman–Crippen LogP) is 2.95. The maximum absolute atomic E-state index is 13.5. The Labute approximate surface area is 100 Å². The molecule has 0 aliphatic rings. The second-order valence-corrected chi connectivity index (χ2v) is 4.28. The number of halogens is 3. The van der Waals surface area contributed by atoms with Crippen molar-refractivity contribution in [2.75, 3.05) is 7.05 Å². The van der Waals surface area contributed by atoms with Crippen LogP contribution in [0, 0.1) is 17.5 Å². The summed E-state index contributed by atoms with van der Waals surface area (Å²) < 4.78 is 39.7. The molecule has 1 aromatic carbocycles. The molecule has 6 heteroatoms. The Hall–Kier alpha value is -1.40. The Morgan fingerprint density at radius 1 is 1.24 bits per heavy atom. The number of hydrogen-bond donors (Lipinski definition) is 1. The molecule has 0 unspecified atom stereocenters. The minimum Gasteiger partial charge on any atom is -0.314 e. The Bertz CT molecular complexity index is 516. The molecule has 2 rings (SSSR count). The van der Waals surface area contributed by atoms with Crippen molar-refractivity contribution in [3.63, 3.8) is 0 Å². The van der Waals surface area contributed by atoms with Crippen LogP contribution >= 0.6 is 11.3 Å². The van der Waals surface area contributed by atoms with Gasteiger partial charge >= 0.3 is 0 Å². The summed E-state index contributed by atoms with van der Waals surface area (Å²) >= 11 is 1.12. The minimum atomic E-state index is -0.937. The summed E-state index contributed by atoms with van der Waals surface area (Å²) in [5.74, 6) is -2.81. The van der Waals surface area contributed by atoms with E-state index in [1.807, 2.05) is 0 Å². The number of rotatable bonds is 3. The lowest BCUT2D eigenvalue weighted by molar-refractivity contribution is 0.548. The fraction of sp³-hybridized carbons (Fsp3) is 0.182. The van der Waals surface area contributed by atoms with Gasteiger partial charge in [0.15, 0.2) is 0 Å². The molecule has 2 nitrogen and oxygen atoms in total. The quantitative estimate of drug-likeness (QED) is 0.915. The van der Waals surface area contributed by atoms with Crippen molar-refractivity contribution in [3.8, 4) is 10.6 Å². The van der Waals surface area contributed by atoms with Crippen molar-refractivity contribution < 1.29 is 13.2 Å². The zero-order chi connectivity index (χ0) is 12.4. The first kappa shape index (κ1) is 12.1.